The van der Waals surface area contributed by atoms with Crippen LogP contribution in [0.25, 0.3) is 10.9 Å². The van der Waals surface area contributed by atoms with Crippen molar-refractivity contribution in [3.63, 3.8) is 0 Å². The Labute approximate surface area is 80.2 Å². The normalized spacial score (nSPS) is 10.1. The molecule has 0 unspecified atom stereocenters. The van der Waals surface area contributed by atoms with Crippen molar-refractivity contribution in [2.45, 2.75) is 0 Å². The molecule has 2 aromatic rings. The number of fused-ring (bicyclic) bond motifs is 1. The Bertz CT molecular complexity index is 449. The van der Waals surface area contributed by atoms with Crippen molar-refractivity contribution >= 4 is 18.2 Å². The van der Waals surface area contributed by atoms with Crippen LogP contribution >= 0.6 is 0 Å². The Hall–Kier alpha value is -1.66. The highest BCUT2D eigenvalue weighted by Gasteiger charge is 2.11. The van der Waals surface area contributed by atoms with Crippen molar-refractivity contribution in [1.82, 2.24) is 9.97 Å². The predicted octanol–water partition coefficient (Wildman–Crippen LogP) is -0.0219. The monoisotopic (exact) mass is 190 g/mol. The summed E-state index contributed by atoms with van der Waals surface area (Å²) in [4.78, 5) is 7.85. The largest absolute Gasteiger partial charge is 0.707 e. The number of rotatable bonds is 2. The highest BCUT2D eigenvalue weighted by molar-refractivity contribution is 6.33. The van der Waals surface area contributed by atoms with Crippen LogP contribution in [0.2, 0.25) is 0 Å². The maximum atomic E-state index is 8.58. The minimum atomic E-state index is -1.81. The summed E-state index contributed by atoms with van der Waals surface area (Å²) in [7, 11) is -1.81. The quantitative estimate of drug-likeness (QED) is 0.650. The zero-order chi connectivity index (χ0) is 9.97. The first-order valence-electron chi connectivity index (χ1n) is 3.98. The van der Waals surface area contributed by atoms with E-state index < -0.39 is 7.32 Å². The van der Waals surface area contributed by atoms with Crippen LogP contribution in [-0.2, 0) is 0 Å². The number of aromatic nitrogens is 2. The topological polar surface area (TPSA) is 75.5 Å². The Morgan fingerprint density at radius 3 is 2.93 bits per heavy atom. The van der Waals surface area contributed by atoms with E-state index in [9.17, 15) is 0 Å². The minimum absolute atomic E-state index is 0.363. The molecule has 0 aliphatic heterocycles. The van der Waals surface area contributed by atoms with Gasteiger partial charge in [0.2, 0.25) is 0 Å². The standard InChI is InChI=1S/C8H7BN2O3/c12-9(13)14-7-1-2-8-6(3-7)4-10-5-11-8/h1-5,12-13H. The smallest absolute Gasteiger partial charge is 0.512 e. The molecule has 0 bridgehead atoms. The number of benzene rings is 1. The Balaban J connectivity index is 2.41. The van der Waals surface area contributed by atoms with Crippen LogP contribution in [-0.4, -0.2) is 27.3 Å². The van der Waals surface area contributed by atoms with E-state index in [0.29, 0.717) is 5.75 Å². The lowest BCUT2D eigenvalue weighted by molar-refractivity contribution is 0.288. The fraction of sp³-hybridized carbons (Fsp3) is 0. The van der Waals surface area contributed by atoms with Crippen LogP contribution in [0, 0.1) is 0 Å². The molecular weight excluding hydrogens is 183 g/mol. The van der Waals surface area contributed by atoms with Gasteiger partial charge in [0.15, 0.2) is 0 Å². The van der Waals surface area contributed by atoms with E-state index in [2.05, 4.69) is 14.6 Å². The van der Waals surface area contributed by atoms with E-state index in [1.807, 2.05) is 0 Å². The minimum Gasteiger partial charge on any atom is -0.512 e. The summed E-state index contributed by atoms with van der Waals surface area (Å²) in [5, 5.41) is 17.9. The fourth-order valence-corrected chi connectivity index (χ4v) is 1.16. The van der Waals surface area contributed by atoms with Crippen molar-refractivity contribution < 1.29 is 14.7 Å². The average molecular weight is 190 g/mol. The summed E-state index contributed by atoms with van der Waals surface area (Å²) >= 11 is 0. The molecule has 0 saturated heterocycles. The third-order valence-corrected chi connectivity index (χ3v) is 1.72. The van der Waals surface area contributed by atoms with E-state index in [1.165, 1.54) is 6.33 Å². The SMILES string of the molecule is OB(O)Oc1ccc2ncncc2c1. The zero-order valence-corrected chi connectivity index (χ0v) is 7.16. The van der Waals surface area contributed by atoms with Crippen LogP contribution in [0.15, 0.2) is 30.7 Å². The molecule has 0 saturated carbocycles. The van der Waals surface area contributed by atoms with E-state index in [0.717, 1.165) is 10.9 Å². The number of hydrogen-bond donors (Lipinski definition) is 2. The Kier molecular flexibility index (Phi) is 2.30. The van der Waals surface area contributed by atoms with E-state index in [-0.39, 0.29) is 0 Å². The first kappa shape index (κ1) is 8.92. The lowest BCUT2D eigenvalue weighted by Crippen LogP contribution is -2.20. The van der Waals surface area contributed by atoms with Gasteiger partial charge in [-0.25, -0.2) is 9.97 Å². The van der Waals surface area contributed by atoms with Gasteiger partial charge in [-0.05, 0) is 18.2 Å². The van der Waals surface area contributed by atoms with Crippen LogP contribution in [0.3, 0.4) is 0 Å². The molecular formula is C8H7BN2O3. The molecule has 0 atom stereocenters. The third-order valence-electron chi connectivity index (χ3n) is 1.72. The van der Waals surface area contributed by atoms with Gasteiger partial charge in [-0.3, -0.25) is 0 Å². The highest BCUT2D eigenvalue weighted by atomic mass is 16.6. The van der Waals surface area contributed by atoms with E-state index in [4.69, 9.17) is 10.0 Å². The number of nitrogens with zero attached hydrogens (tertiary/aromatic N) is 2. The second-order valence-electron chi connectivity index (χ2n) is 2.69. The van der Waals surface area contributed by atoms with Crippen LogP contribution in [0.4, 0.5) is 0 Å². The predicted molar refractivity (Wildman–Crippen MR) is 50.4 cm³/mol. The molecule has 14 heavy (non-hydrogen) atoms. The van der Waals surface area contributed by atoms with Crippen molar-refractivity contribution in [2.75, 3.05) is 0 Å². The zero-order valence-electron chi connectivity index (χ0n) is 7.16. The summed E-state index contributed by atoms with van der Waals surface area (Å²) < 4.78 is 4.68. The van der Waals surface area contributed by atoms with Gasteiger partial charge < -0.3 is 14.7 Å². The van der Waals surface area contributed by atoms with Gasteiger partial charge in [0.05, 0.1) is 5.52 Å². The summed E-state index contributed by atoms with van der Waals surface area (Å²) in [6.45, 7) is 0. The van der Waals surface area contributed by atoms with Crippen molar-refractivity contribution in [2.24, 2.45) is 0 Å². The summed E-state index contributed by atoms with van der Waals surface area (Å²) in [6, 6.07) is 4.96. The summed E-state index contributed by atoms with van der Waals surface area (Å²) in [5.41, 5.74) is 0.778. The van der Waals surface area contributed by atoms with Gasteiger partial charge in [-0.15, -0.1) is 0 Å². The molecule has 1 heterocycles. The molecule has 0 aliphatic carbocycles. The molecule has 70 valence electrons. The van der Waals surface area contributed by atoms with E-state index >= 15 is 0 Å². The maximum Gasteiger partial charge on any atom is 0.707 e. The lowest BCUT2D eigenvalue weighted by atomic mass is 10.2. The molecule has 5 nitrogen and oxygen atoms in total. The number of hydrogen-bond acceptors (Lipinski definition) is 5. The van der Waals surface area contributed by atoms with Gasteiger partial charge in [-0.2, -0.15) is 0 Å². The molecule has 2 rings (SSSR count). The average Bonchev–Trinajstić information content (AvgIpc) is 2.17. The van der Waals surface area contributed by atoms with Crippen LogP contribution in [0.5, 0.6) is 5.75 Å². The van der Waals surface area contributed by atoms with Gasteiger partial charge in [0, 0.05) is 11.6 Å². The van der Waals surface area contributed by atoms with Gasteiger partial charge >= 0.3 is 7.32 Å². The maximum absolute atomic E-state index is 8.58. The molecule has 1 aromatic carbocycles. The van der Waals surface area contributed by atoms with Crippen molar-refractivity contribution in [3.05, 3.63) is 30.7 Å². The lowest BCUT2D eigenvalue weighted by Gasteiger charge is -2.04. The van der Waals surface area contributed by atoms with Crippen molar-refractivity contribution in [1.29, 1.82) is 0 Å². The van der Waals surface area contributed by atoms with Gasteiger partial charge in [0.25, 0.3) is 0 Å². The van der Waals surface area contributed by atoms with Crippen molar-refractivity contribution in [3.8, 4) is 5.75 Å². The summed E-state index contributed by atoms with van der Waals surface area (Å²) in [5.74, 6) is 0.363. The van der Waals surface area contributed by atoms with Gasteiger partial charge in [0.1, 0.15) is 12.1 Å². The van der Waals surface area contributed by atoms with Crippen LogP contribution < -0.4 is 4.65 Å². The first-order valence-corrected chi connectivity index (χ1v) is 3.98. The molecule has 0 spiro atoms. The Morgan fingerprint density at radius 2 is 2.14 bits per heavy atom. The fourth-order valence-electron chi connectivity index (χ4n) is 1.16. The van der Waals surface area contributed by atoms with E-state index in [1.54, 1.807) is 24.4 Å². The molecule has 0 radical (unpaired) electrons. The van der Waals surface area contributed by atoms with Gasteiger partial charge in [-0.1, -0.05) is 0 Å². The second-order valence-corrected chi connectivity index (χ2v) is 2.69. The molecule has 2 N–H and O–H groups in total. The highest BCUT2D eigenvalue weighted by Crippen LogP contribution is 2.17. The molecule has 0 fully saturated rings. The molecule has 1 aromatic heterocycles. The second kappa shape index (κ2) is 3.61. The van der Waals surface area contributed by atoms with Crippen LogP contribution in [0.1, 0.15) is 0 Å². The first-order chi connectivity index (χ1) is 6.75. The molecule has 0 aliphatic rings. The summed E-state index contributed by atoms with van der Waals surface area (Å²) in [6.07, 6.45) is 3.07. The molecule has 0 amide bonds. The molecule has 6 heteroatoms. The Morgan fingerprint density at radius 1 is 1.29 bits per heavy atom. The third kappa shape index (κ3) is 1.81.